The van der Waals surface area contributed by atoms with Crippen LogP contribution in [0.1, 0.15) is 17.2 Å². The standard InChI is InChI=1S/C13H17F2NO2/c1-8-3-4-9(12(15)11(8)14)13(16-2)10-7-17-5-6-18-10/h3-4,10,13,16H,5-7H2,1-2H3. The van der Waals surface area contributed by atoms with E-state index in [-0.39, 0.29) is 11.7 Å². The molecule has 1 saturated heterocycles. The van der Waals surface area contributed by atoms with Crippen molar-refractivity contribution in [1.29, 1.82) is 0 Å². The van der Waals surface area contributed by atoms with E-state index < -0.39 is 17.7 Å². The third-order valence-electron chi connectivity index (χ3n) is 3.16. The van der Waals surface area contributed by atoms with Crippen molar-refractivity contribution in [2.45, 2.75) is 19.1 Å². The zero-order valence-electron chi connectivity index (χ0n) is 10.5. The van der Waals surface area contributed by atoms with Crippen LogP contribution in [-0.4, -0.2) is 33.0 Å². The highest BCUT2D eigenvalue weighted by atomic mass is 19.2. The molecular weight excluding hydrogens is 240 g/mol. The van der Waals surface area contributed by atoms with Crippen LogP contribution in [0.25, 0.3) is 0 Å². The Morgan fingerprint density at radius 3 is 2.67 bits per heavy atom. The highest BCUT2D eigenvalue weighted by molar-refractivity contribution is 5.28. The quantitative estimate of drug-likeness (QED) is 0.897. The van der Waals surface area contributed by atoms with Crippen LogP contribution in [0.5, 0.6) is 0 Å². The second kappa shape index (κ2) is 5.73. The number of likely N-dealkylation sites (N-methyl/N-ethyl adjacent to an activating group) is 1. The molecule has 100 valence electrons. The van der Waals surface area contributed by atoms with E-state index >= 15 is 0 Å². The second-order valence-corrected chi connectivity index (χ2v) is 4.35. The molecule has 2 unspecified atom stereocenters. The van der Waals surface area contributed by atoms with Crippen molar-refractivity contribution in [2.75, 3.05) is 26.9 Å². The van der Waals surface area contributed by atoms with E-state index in [1.54, 1.807) is 19.2 Å². The number of rotatable bonds is 3. The number of nitrogens with one attached hydrogen (secondary N) is 1. The highest BCUT2D eigenvalue weighted by Crippen LogP contribution is 2.26. The molecule has 0 bridgehead atoms. The Morgan fingerprint density at radius 1 is 1.28 bits per heavy atom. The molecule has 3 nitrogen and oxygen atoms in total. The van der Waals surface area contributed by atoms with Gasteiger partial charge in [0, 0.05) is 5.56 Å². The van der Waals surface area contributed by atoms with Crippen molar-refractivity contribution >= 4 is 0 Å². The summed E-state index contributed by atoms with van der Waals surface area (Å²) in [7, 11) is 1.69. The molecule has 0 aliphatic carbocycles. The smallest absolute Gasteiger partial charge is 0.163 e. The van der Waals surface area contributed by atoms with Gasteiger partial charge in [0.2, 0.25) is 0 Å². The first-order valence-corrected chi connectivity index (χ1v) is 5.96. The minimum Gasteiger partial charge on any atom is -0.376 e. The zero-order chi connectivity index (χ0) is 13.1. The van der Waals surface area contributed by atoms with E-state index in [9.17, 15) is 8.78 Å². The number of ether oxygens (including phenoxy) is 2. The third kappa shape index (κ3) is 2.53. The van der Waals surface area contributed by atoms with E-state index in [4.69, 9.17) is 9.47 Å². The molecule has 0 radical (unpaired) electrons. The third-order valence-corrected chi connectivity index (χ3v) is 3.16. The molecule has 1 aromatic carbocycles. The number of halogens is 2. The topological polar surface area (TPSA) is 30.5 Å². The molecule has 1 aliphatic heterocycles. The molecule has 1 heterocycles. The van der Waals surface area contributed by atoms with Gasteiger partial charge in [-0.1, -0.05) is 12.1 Å². The fourth-order valence-electron chi connectivity index (χ4n) is 2.14. The predicted molar refractivity (Wildman–Crippen MR) is 63.5 cm³/mol. The number of benzene rings is 1. The van der Waals surface area contributed by atoms with Crippen LogP contribution in [0, 0.1) is 18.6 Å². The summed E-state index contributed by atoms with van der Waals surface area (Å²) in [6.07, 6.45) is -0.305. The lowest BCUT2D eigenvalue weighted by atomic mass is 9.99. The van der Waals surface area contributed by atoms with Gasteiger partial charge >= 0.3 is 0 Å². The van der Waals surface area contributed by atoms with Crippen molar-refractivity contribution in [1.82, 2.24) is 5.32 Å². The first kappa shape index (κ1) is 13.4. The number of hydrogen-bond acceptors (Lipinski definition) is 3. The Labute approximate surface area is 105 Å². The summed E-state index contributed by atoms with van der Waals surface area (Å²) in [4.78, 5) is 0. The van der Waals surface area contributed by atoms with Gasteiger partial charge in [-0.15, -0.1) is 0 Å². The van der Waals surface area contributed by atoms with Gasteiger partial charge in [-0.2, -0.15) is 0 Å². The lowest BCUT2D eigenvalue weighted by Crippen LogP contribution is -2.39. The van der Waals surface area contributed by atoms with Gasteiger partial charge in [-0.25, -0.2) is 8.78 Å². The molecule has 1 fully saturated rings. The summed E-state index contributed by atoms with van der Waals surface area (Å²) in [6, 6.07) is 2.75. The van der Waals surface area contributed by atoms with Crippen LogP contribution < -0.4 is 5.32 Å². The van der Waals surface area contributed by atoms with Crippen LogP contribution in [-0.2, 0) is 9.47 Å². The first-order valence-electron chi connectivity index (χ1n) is 5.96. The van der Waals surface area contributed by atoms with Crippen LogP contribution in [0.15, 0.2) is 12.1 Å². The fraction of sp³-hybridized carbons (Fsp3) is 0.538. The Morgan fingerprint density at radius 2 is 2.06 bits per heavy atom. The maximum atomic E-state index is 13.9. The maximum Gasteiger partial charge on any atom is 0.163 e. The molecule has 0 spiro atoms. The van der Waals surface area contributed by atoms with Crippen molar-refractivity contribution in [3.8, 4) is 0 Å². The average molecular weight is 257 g/mol. The summed E-state index contributed by atoms with van der Waals surface area (Å²) in [5.41, 5.74) is 0.572. The van der Waals surface area contributed by atoms with E-state index in [2.05, 4.69) is 5.32 Å². The van der Waals surface area contributed by atoms with Gasteiger partial charge in [-0.05, 0) is 19.5 Å². The van der Waals surface area contributed by atoms with Crippen LogP contribution >= 0.6 is 0 Å². The molecule has 0 saturated carbocycles. The summed E-state index contributed by atoms with van der Waals surface area (Å²) in [5, 5.41) is 2.96. The van der Waals surface area contributed by atoms with Crippen LogP contribution in [0.2, 0.25) is 0 Å². The Bertz CT molecular complexity index is 420. The summed E-state index contributed by atoms with van der Waals surface area (Å²) in [6.45, 7) is 2.92. The highest BCUT2D eigenvalue weighted by Gasteiger charge is 2.28. The Hall–Kier alpha value is -1.04. The van der Waals surface area contributed by atoms with Gasteiger partial charge in [0.15, 0.2) is 11.6 Å². The van der Waals surface area contributed by atoms with Gasteiger partial charge in [0.05, 0.1) is 25.9 Å². The van der Waals surface area contributed by atoms with Crippen LogP contribution in [0.4, 0.5) is 8.78 Å². The molecule has 1 aliphatic rings. The number of aryl methyl sites for hydroxylation is 1. The molecule has 0 aromatic heterocycles. The van der Waals surface area contributed by atoms with E-state index in [1.807, 2.05) is 0 Å². The van der Waals surface area contributed by atoms with Gasteiger partial charge in [0.1, 0.15) is 6.10 Å². The molecule has 2 rings (SSSR count). The molecule has 1 aromatic rings. The van der Waals surface area contributed by atoms with E-state index in [0.717, 1.165) is 0 Å². The molecular formula is C13H17F2NO2. The predicted octanol–water partition coefficient (Wildman–Crippen LogP) is 1.95. The van der Waals surface area contributed by atoms with Crippen molar-refractivity contribution in [3.05, 3.63) is 34.9 Å². The minimum absolute atomic E-state index is 0.274. The lowest BCUT2D eigenvalue weighted by molar-refractivity contribution is -0.102. The van der Waals surface area contributed by atoms with Crippen molar-refractivity contribution in [2.24, 2.45) is 0 Å². The van der Waals surface area contributed by atoms with Crippen molar-refractivity contribution < 1.29 is 18.3 Å². The minimum atomic E-state index is -0.816. The van der Waals surface area contributed by atoms with Crippen molar-refractivity contribution in [3.63, 3.8) is 0 Å². The molecule has 1 N–H and O–H groups in total. The fourth-order valence-corrected chi connectivity index (χ4v) is 2.14. The monoisotopic (exact) mass is 257 g/mol. The maximum absolute atomic E-state index is 13.9. The summed E-state index contributed by atoms with van der Waals surface area (Å²) < 4.78 is 38.4. The normalized spacial score (nSPS) is 21.9. The van der Waals surface area contributed by atoms with Crippen LogP contribution in [0.3, 0.4) is 0 Å². The lowest BCUT2D eigenvalue weighted by Gasteiger charge is -2.30. The summed E-state index contributed by atoms with van der Waals surface area (Å²) >= 11 is 0. The molecule has 0 amide bonds. The van der Waals surface area contributed by atoms with Gasteiger partial charge in [0.25, 0.3) is 0 Å². The van der Waals surface area contributed by atoms with E-state index in [0.29, 0.717) is 25.4 Å². The second-order valence-electron chi connectivity index (χ2n) is 4.35. The Kier molecular flexibility index (Phi) is 4.27. The zero-order valence-corrected chi connectivity index (χ0v) is 10.5. The molecule has 18 heavy (non-hydrogen) atoms. The Balaban J connectivity index is 2.29. The molecule has 2 atom stereocenters. The average Bonchev–Trinajstić information content (AvgIpc) is 2.41. The van der Waals surface area contributed by atoms with Gasteiger partial charge in [-0.3, -0.25) is 0 Å². The van der Waals surface area contributed by atoms with E-state index in [1.165, 1.54) is 6.92 Å². The summed E-state index contributed by atoms with van der Waals surface area (Å²) in [5.74, 6) is -1.62. The van der Waals surface area contributed by atoms with Gasteiger partial charge < -0.3 is 14.8 Å². The first-order chi connectivity index (χ1) is 8.65. The molecule has 5 heteroatoms. The largest absolute Gasteiger partial charge is 0.376 e. The SMILES string of the molecule is CNC(c1ccc(C)c(F)c1F)C1COCCO1. The number of hydrogen-bond donors (Lipinski definition) is 1.